The lowest BCUT2D eigenvalue weighted by Gasteiger charge is -2.19. The molecule has 72 valence electrons. The van der Waals surface area contributed by atoms with E-state index in [4.69, 9.17) is 11.6 Å². The van der Waals surface area contributed by atoms with Gasteiger partial charge in [0.15, 0.2) is 0 Å². The van der Waals surface area contributed by atoms with Crippen molar-refractivity contribution in [2.24, 2.45) is 5.92 Å². The zero-order valence-electron chi connectivity index (χ0n) is 8.33. The van der Waals surface area contributed by atoms with Gasteiger partial charge in [-0.05, 0) is 11.5 Å². The maximum atomic E-state index is 6.37. The van der Waals surface area contributed by atoms with Gasteiger partial charge in [0.2, 0.25) is 0 Å². The van der Waals surface area contributed by atoms with Crippen LogP contribution >= 0.6 is 11.6 Å². The minimum Gasteiger partial charge on any atom is -0.118 e. The van der Waals surface area contributed by atoms with Gasteiger partial charge in [-0.3, -0.25) is 0 Å². The predicted octanol–water partition coefficient (Wildman–Crippen LogP) is 4.40. The second-order valence-electron chi connectivity index (χ2n) is 3.39. The molecule has 1 rings (SSSR count). The van der Waals surface area contributed by atoms with E-state index in [1.807, 2.05) is 18.2 Å². The van der Waals surface area contributed by atoms with Crippen LogP contribution in [0.1, 0.15) is 37.6 Å². The summed E-state index contributed by atoms with van der Waals surface area (Å²) in [4.78, 5) is 0. The molecule has 0 saturated heterocycles. The fourth-order valence-electron chi connectivity index (χ4n) is 1.61. The zero-order chi connectivity index (χ0) is 9.68. The maximum Gasteiger partial charge on any atom is 0.0613 e. The molecule has 0 N–H and O–H groups in total. The molecule has 0 aliphatic heterocycles. The van der Waals surface area contributed by atoms with Crippen LogP contribution in [0.2, 0.25) is 0 Å². The summed E-state index contributed by atoms with van der Waals surface area (Å²) in [5.41, 5.74) is 1.25. The van der Waals surface area contributed by atoms with Gasteiger partial charge in [0.25, 0.3) is 0 Å². The second kappa shape index (κ2) is 5.29. The molecule has 0 heterocycles. The third-order valence-electron chi connectivity index (χ3n) is 2.58. The largest absolute Gasteiger partial charge is 0.118 e. The molecule has 0 aromatic heterocycles. The van der Waals surface area contributed by atoms with Crippen LogP contribution < -0.4 is 0 Å². The van der Waals surface area contributed by atoms with Crippen molar-refractivity contribution in [1.29, 1.82) is 0 Å². The van der Waals surface area contributed by atoms with E-state index in [-0.39, 0.29) is 5.38 Å². The SMILES string of the molecule is CCC(CC)C(Cl)c1ccccc1. The third kappa shape index (κ3) is 2.73. The molecule has 1 aromatic rings. The molecule has 1 atom stereocenters. The van der Waals surface area contributed by atoms with E-state index in [2.05, 4.69) is 26.0 Å². The molecule has 0 radical (unpaired) electrons. The molecule has 1 aromatic carbocycles. The van der Waals surface area contributed by atoms with Crippen LogP contribution in [0.5, 0.6) is 0 Å². The molecule has 0 spiro atoms. The van der Waals surface area contributed by atoms with Gasteiger partial charge in [-0.2, -0.15) is 0 Å². The first-order valence-electron chi connectivity index (χ1n) is 4.98. The van der Waals surface area contributed by atoms with Crippen LogP contribution in [-0.2, 0) is 0 Å². The van der Waals surface area contributed by atoms with Gasteiger partial charge in [-0.1, -0.05) is 57.0 Å². The number of benzene rings is 1. The first-order valence-corrected chi connectivity index (χ1v) is 5.42. The van der Waals surface area contributed by atoms with Crippen molar-refractivity contribution in [2.45, 2.75) is 32.1 Å². The minimum absolute atomic E-state index is 0.177. The lowest BCUT2D eigenvalue weighted by atomic mass is 9.94. The molecule has 13 heavy (non-hydrogen) atoms. The highest BCUT2D eigenvalue weighted by Gasteiger charge is 2.16. The van der Waals surface area contributed by atoms with Gasteiger partial charge >= 0.3 is 0 Å². The molecule has 0 aliphatic rings. The Bertz CT molecular complexity index is 226. The lowest BCUT2D eigenvalue weighted by Crippen LogP contribution is -2.05. The van der Waals surface area contributed by atoms with Crippen molar-refractivity contribution in [2.75, 3.05) is 0 Å². The highest BCUT2D eigenvalue weighted by atomic mass is 35.5. The maximum absolute atomic E-state index is 6.37. The van der Waals surface area contributed by atoms with Crippen molar-refractivity contribution < 1.29 is 0 Å². The first-order chi connectivity index (χ1) is 6.29. The van der Waals surface area contributed by atoms with Crippen LogP contribution in [0, 0.1) is 5.92 Å². The summed E-state index contributed by atoms with van der Waals surface area (Å²) >= 11 is 6.37. The highest BCUT2D eigenvalue weighted by Crippen LogP contribution is 2.32. The Morgan fingerprint density at radius 1 is 1.08 bits per heavy atom. The Hall–Kier alpha value is -0.490. The van der Waals surface area contributed by atoms with Gasteiger partial charge in [-0.15, -0.1) is 11.6 Å². The van der Waals surface area contributed by atoms with Crippen LogP contribution in [0.15, 0.2) is 30.3 Å². The van der Waals surface area contributed by atoms with Crippen molar-refractivity contribution in [3.8, 4) is 0 Å². The van der Waals surface area contributed by atoms with Crippen molar-refractivity contribution in [3.05, 3.63) is 35.9 Å². The molecule has 0 saturated carbocycles. The topological polar surface area (TPSA) is 0 Å². The quantitative estimate of drug-likeness (QED) is 0.627. The second-order valence-corrected chi connectivity index (χ2v) is 3.86. The van der Waals surface area contributed by atoms with E-state index in [9.17, 15) is 0 Å². The van der Waals surface area contributed by atoms with Crippen LogP contribution in [0.4, 0.5) is 0 Å². The summed E-state index contributed by atoms with van der Waals surface area (Å²) < 4.78 is 0. The number of alkyl halides is 1. The standard InChI is InChI=1S/C12H17Cl/c1-3-10(4-2)12(13)11-8-6-5-7-9-11/h5-10,12H,3-4H2,1-2H3. The van der Waals surface area contributed by atoms with Gasteiger partial charge < -0.3 is 0 Å². The van der Waals surface area contributed by atoms with Gasteiger partial charge in [-0.25, -0.2) is 0 Å². The van der Waals surface area contributed by atoms with Gasteiger partial charge in [0, 0.05) is 0 Å². The van der Waals surface area contributed by atoms with Crippen LogP contribution in [-0.4, -0.2) is 0 Å². The van der Waals surface area contributed by atoms with E-state index >= 15 is 0 Å². The molecule has 0 amide bonds. The molecular weight excluding hydrogens is 180 g/mol. The van der Waals surface area contributed by atoms with E-state index < -0.39 is 0 Å². The van der Waals surface area contributed by atoms with Gasteiger partial charge in [0.05, 0.1) is 5.38 Å². The molecule has 0 bridgehead atoms. The zero-order valence-corrected chi connectivity index (χ0v) is 9.09. The summed E-state index contributed by atoms with van der Waals surface area (Å²) in [6.07, 6.45) is 2.30. The molecule has 1 unspecified atom stereocenters. The normalized spacial score (nSPS) is 13.2. The van der Waals surface area contributed by atoms with E-state index in [0.29, 0.717) is 5.92 Å². The lowest BCUT2D eigenvalue weighted by molar-refractivity contribution is 0.476. The monoisotopic (exact) mass is 196 g/mol. The highest BCUT2D eigenvalue weighted by molar-refractivity contribution is 6.21. The average Bonchev–Trinajstić information content (AvgIpc) is 2.21. The minimum atomic E-state index is 0.177. The Balaban J connectivity index is 2.72. The number of rotatable bonds is 4. The van der Waals surface area contributed by atoms with E-state index in [1.54, 1.807) is 0 Å². The van der Waals surface area contributed by atoms with E-state index in [0.717, 1.165) is 12.8 Å². The molecule has 1 heteroatoms. The molecule has 0 aliphatic carbocycles. The summed E-state index contributed by atoms with van der Waals surface area (Å²) in [7, 11) is 0. The fraction of sp³-hybridized carbons (Fsp3) is 0.500. The first kappa shape index (κ1) is 10.6. The Morgan fingerprint density at radius 2 is 1.62 bits per heavy atom. The summed E-state index contributed by atoms with van der Waals surface area (Å²) in [6.45, 7) is 4.40. The average molecular weight is 197 g/mol. The van der Waals surface area contributed by atoms with E-state index in [1.165, 1.54) is 5.56 Å². The molecular formula is C12H17Cl. The molecule has 0 nitrogen and oxygen atoms in total. The van der Waals surface area contributed by atoms with Crippen LogP contribution in [0.3, 0.4) is 0 Å². The van der Waals surface area contributed by atoms with Crippen LogP contribution in [0.25, 0.3) is 0 Å². The number of hydrogen-bond acceptors (Lipinski definition) is 0. The molecule has 0 fully saturated rings. The van der Waals surface area contributed by atoms with Crippen molar-refractivity contribution >= 4 is 11.6 Å². The Labute approximate surface area is 85.9 Å². The number of hydrogen-bond donors (Lipinski definition) is 0. The Morgan fingerprint density at radius 3 is 2.08 bits per heavy atom. The van der Waals surface area contributed by atoms with Crippen molar-refractivity contribution in [1.82, 2.24) is 0 Å². The predicted molar refractivity (Wildman–Crippen MR) is 59.1 cm³/mol. The third-order valence-corrected chi connectivity index (χ3v) is 3.19. The number of halogens is 1. The van der Waals surface area contributed by atoms with Gasteiger partial charge in [0.1, 0.15) is 0 Å². The van der Waals surface area contributed by atoms with Crippen molar-refractivity contribution in [3.63, 3.8) is 0 Å². The summed E-state index contributed by atoms with van der Waals surface area (Å²) in [5, 5.41) is 0.177. The Kier molecular flexibility index (Phi) is 4.31. The summed E-state index contributed by atoms with van der Waals surface area (Å²) in [5.74, 6) is 0.601. The summed E-state index contributed by atoms with van der Waals surface area (Å²) in [6, 6.07) is 10.3. The fourth-order valence-corrected chi connectivity index (χ4v) is 2.11. The smallest absolute Gasteiger partial charge is 0.0613 e.